The molecule has 19 heavy (non-hydrogen) atoms. The van der Waals surface area contributed by atoms with Gasteiger partial charge in [0.1, 0.15) is 17.1 Å². The number of primary amides is 1. The summed E-state index contributed by atoms with van der Waals surface area (Å²) in [7, 11) is 1.34. The molecular formula is C13H11FN2O3. The van der Waals surface area contributed by atoms with Gasteiger partial charge in [0, 0.05) is 11.9 Å². The van der Waals surface area contributed by atoms with Crippen molar-refractivity contribution in [3.8, 4) is 11.4 Å². The van der Waals surface area contributed by atoms with Crippen LogP contribution >= 0.6 is 0 Å². The van der Waals surface area contributed by atoms with Crippen LogP contribution in [0.2, 0.25) is 0 Å². The minimum absolute atomic E-state index is 0.107. The van der Waals surface area contributed by atoms with E-state index in [1.165, 1.54) is 48.2 Å². The van der Waals surface area contributed by atoms with Crippen LogP contribution in [0, 0.1) is 5.82 Å². The highest BCUT2D eigenvalue weighted by Gasteiger charge is 2.16. The number of aromatic nitrogens is 1. The highest BCUT2D eigenvalue weighted by Crippen LogP contribution is 2.15. The van der Waals surface area contributed by atoms with Crippen LogP contribution in [-0.4, -0.2) is 17.6 Å². The van der Waals surface area contributed by atoms with Crippen LogP contribution in [0.25, 0.3) is 5.69 Å². The summed E-state index contributed by atoms with van der Waals surface area (Å²) in [6.07, 6.45) is 1.43. The molecule has 0 saturated heterocycles. The van der Waals surface area contributed by atoms with Crippen LogP contribution in [0.1, 0.15) is 10.4 Å². The van der Waals surface area contributed by atoms with Crippen LogP contribution in [0.15, 0.2) is 41.3 Å². The number of nitrogens with two attached hydrogens (primary N) is 1. The number of amides is 1. The van der Waals surface area contributed by atoms with Gasteiger partial charge in [0.25, 0.3) is 11.5 Å². The minimum Gasteiger partial charge on any atom is -0.496 e. The standard InChI is InChI=1S/C13H11FN2O3/c1-19-10-6-7-16(13(18)11(10)12(15)17)9-4-2-8(14)3-5-9/h2-7H,1H3,(H2,15,17). The van der Waals surface area contributed by atoms with E-state index in [2.05, 4.69) is 0 Å². The predicted octanol–water partition coefficient (Wildman–Crippen LogP) is 1.08. The summed E-state index contributed by atoms with van der Waals surface area (Å²) >= 11 is 0. The molecule has 0 saturated carbocycles. The minimum atomic E-state index is -0.877. The van der Waals surface area contributed by atoms with Gasteiger partial charge in [-0.3, -0.25) is 14.2 Å². The van der Waals surface area contributed by atoms with E-state index in [1.54, 1.807) is 0 Å². The average Bonchev–Trinajstić information content (AvgIpc) is 2.39. The van der Waals surface area contributed by atoms with Crippen LogP contribution in [-0.2, 0) is 0 Å². The number of methoxy groups -OCH3 is 1. The number of carbonyl (C=O) groups is 1. The number of nitrogens with zero attached hydrogens (tertiary/aromatic N) is 1. The van der Waals surface area contributed by atoms with Crippen molar-refractivity contribution in [3.05, 3.63) is 58.3 Å². The third kappa shape index (κ3) is 2.33. The second-order valence-corrected chi connectivity index (χ2v) is 3.77. The molecule has 0 aliphatic rings. The van der Waals surface area contributed by atoms with Gasteiger partial charge in [-0.05, 0) is 30.3 Å². The Morgan fingerprint density at radius 2 is 1.89 bits per heavy atom. The van der Waals surface area contributed by atoms with Gasteiger partial charge < -0.3 is 10.5 Å². The molecule has 6 heteroatoms. The van der Waals surface area contributed by atoms with Crippen LogP contribution < -0.4 is 16.0 Å². The maximum atomic E-state index is 12.8. The van der Waals surface area contributed by atoms with Crippen molar-refractivity contribution in [1.29, 1.82) is 0 Å². The Labute approximate surface area is 108 Å². The lowest BCUT2D eigenvalue weighted by Gasteiger charge is -2.10. The smallest absolute Gasteiger partial charge is 0.271 e. The number of pyridine rings is 1. The number of halogens is 1. The van der Waals surface area contributed by atoms with Gasteiger partial charge in [-0.2, -0.15) is 0 Å². The first kappa shape index (κ1) is 12.8. The second kappa shape index (κ2) is 4.93. The Morgan fingerprint density at radius 1 is 1.26 bits per heavy atom. The highest BCUT2D eigenvalue weighted by atomic mass is 19.1. The van der Waals surface area contributed by atoms with Gasteiger partial charge in [-0.15, -0.1) is 0 Å². The summed E-state index contributed by atoms with van der Waals surface area (Å²) in [6.45, 7) is 0. The maximum Gasteiger partial charge on any atom is 0.271 e. The van der Waals surface area contributed by atoms with E-state index in [1.807, 2.05) is 0 Å². The molecule has 0 spiro atoms. The number of benzene rings is 1. The number of hydrogen-bond donors (Lipinski definition) is 1. The van der Waals surface area contributed by atoms with Crippen molar-refractivity contribution in [3.63, 3.8) is 0 Å². The molecule has 2 aromatic rings. The van der Waals surface area contributed by atoms with E-state index in [9.17, 15) is 14.0 Å². The number of carbonyl (C=O) groups excluding carboxylic acids is 1. The van der Waals surface area contributed by atoms with Crippen molar-refractivity contribution in [1.82, 2.24) is 4.57 Å². The Bertz CT molecular complexity index is 677. The average molecular weight is 262 g/mol. The third-order valence-electron chi connectivity index (χ3n) is 2.63. The van der Waals surface area contributed by atoms with Gasteiger partial charge in [0.15, 0.2) is 0 Å². The molecule has 5 nitrogen and oxygen atoms in total. The monoisotopic (exact) mass is 262 g/mol. The molecule has 0 aliphatic heterocycles. The van der Waals surface area contributed by atoms with Crippen molar-refractivity contribution in [2.75, 3.05) is 7.11 Å². The molecule has 0 atom stereocenters. The lowest BCUT2D eigenvalue weighted by atomic mass is 10.2. The van der Waals surface area contributed by atoms with E-state index < -0.39 is 17.3 Å². The summed E-state index contributed by atoms with van der Waals surface area (Å²) in [4.78, 5) is 23.5. The molecular weight excluding hydrogens is 251 g/mol. The summed E-state index contributed by atoms with van der Waals surface area (Å²) in [5.74, 6) is -1.19. The van der Waals surface area contributed by atoms with E-state index in [0.29, 0.717) is 5.69 Å². The summed E-state index contributed by atoms with van der Waals surface area (Å²) < 4.78 is 19.0. The van der Waals surface area contributed by atoms with Crippen molar-refractivity contribution < 1.29 is 13.9 Å². The van der Waals surface area contributed by atoms with Crippen molar-refractivity contribution >= 4 is 5.91 Å². The van der Waals surface area contributed by atoms with Gasteiger partial charge >= 0.3 is 0 Å². The van der Waals surface area contributed by atoms with E-state index in [4.69, 9.17) is 10.5 Å². The molecule has 1 aromatic carbocycles. The maximum absolute atomic E-state index is 12.8. The molecule has 98 valence electrons. The Kier molecular flexibility index (Phi) is 3.33. The summed E-state index contributed by atoms with van der Waals surface area (Å²) in [5.41, 5.74) is 4.74. The summed E-state index contributed by atoms with van der Waals surface area (Å²) in [6, 6.07) is 6.73. The van der Waals surface area contributed by atoms with E-state index in [-0.39, 0.29) is 11.3 Å². The van der Waals surface area contributed by atoms with Gasteiger partial charge in [-0.25, -0.2) is 4.39 Å². The zero-order chi connectivity index (χ0) is 14.0. The zero-order valence-electron chi connectivity index (χ0n) is 10.1. The Hall–Kier alpha value is -2.63. The van der Waals surface area contributed by atoms with Gasteiger partial charge in [0.05, 0.1) is 7.11 Å². The molecule has 0 radical (unpaired) electrons. The normalized spacial score (nSPS) is 10.2. The molecule has 2 N–H and O–H groups in total. The molecule has 0 bridgehead atoms. The van der Waals surface area contributed by atoms with Crippen LogP contribution in [0.4, 0.5) is 4.39 Å². The molecule has 2 rings (SSSR count). The zero-order valence-corrected chi connectivity index (χ0v) is 10.1. The fourth-order valence-corrected chi connectivity index (χ4v) is 1.72. The summed E-state index contributed by atoms with van der Waals surface area (Å²) in [5, 5.41) is 0. The number of ether oxygens (including phenoxy) is 1. The first-order valence-corrected chi connectivity index (χ1v) is 5.40. The highest BCUT2D eigenvalue weighted by molar-refractivity contribution is 5.95. The first-order valence-electron chi connectivity index (χ1n) is 5.40. The van der Waals surface area contributed by atoms with E-state index >= 15 is 0 Å². The molecule has 0 fully saturated rings. The lowest BCUT2D eigenvalue weighted by molar-refractivity contribution is 0.0995. The fourth-order valence-electron chi connectivity index (χ4n) is 1.72. The topological polar surface area (TPSA) is 74.3 Å². The number of hydrogen-bond acceptors (Lipinski definition) is 3. The third-order valence-corrected chi connectivity index (χ3v) is 2.63. The van der Waals surface area contributed by atoms with Crippen LogP contribution in [0.3, 0.4) is 0 Å². The molecule has 0 unspecified atom stereocenters. The Morgan fingerprint density at radius 3 is 2.42 bits per heavy atom. The molecule has 0 aliphatic carbocycles. The molecule has 1 aromatic heterocycles. The van der Waals surface area contributed by atoms with Gasteiger partial charge in [0.2, 0.25) is 0 Å². The quantitative estimate of drug-likeness (QED) is 0.899. The number of rotatable bonds is 3. The predicted molar refractivity (Wildman–Crippen MR) is 67.1 cm³/mol. The fraction of sp³-hybridized carbons (Fsp3) is 0.0769. The van der Waals surface area contributed by atoms with Crippen LogP contribution in [0.5, 0.6) is 5.75 Å². The van der Waals surface area contributed by atoms with E-state index in [0.717, 1.165) is 0 Å². The van der Waals surface area contributed by atoms with Crippen molar-refractivity contribution in [2.45, 2.75) is 0 Å². The largest absolute Gasteiger partial charge is 0.496 e. The van der Waals surface area contributed by atoms with Gasteiger partial charge in [-0.1, -0.05) is 0 Å². The lowest BCUT2D eigenvalue weighted by Crippen LogP contribution is -2.29. The molecule has 1 heterocycles. The van der Waals surface area contributed by atoms with Crippen molar-refractivity contribution in [2.24, 2.45) is 5.73 Å². The first-order chi connectivity index (χ1) is 9.04. The second-order valence-electron chi connectivity index (χ2n) is 3.77. The molecule has 1 amide bonds. The Balaban J connectivity index is 2.66. The SMILES string of the molecule is COc1ccn(-c2ccc(F)cc2)c(=O)c1C(N)=O.